The Morgan fingerprint density at radius 2 is 1.13 bits per heavy atom. The fraction of sp³-hybridized carbons (Fsp3) is 1.00. The van der Waals surface area contributed by atoms with Gasteiger partial charge in [0.1, 0.15) is 0 Å². The van der Waals surface area contributed by atoms with Gasteiger partial charge in [-0.25, -0.2) is 8.78 Å². The Morgan fingerprint density at radius 3 is 1.13 bits per heavy atom. The van der Waals surface area contributed by atoms with E-state index in [-0.39, 0.29) is 0 Å². The standard InChI is InChI=1S/C4H11NO3.C2HF5/c5-4(1-6,2-7)3-8;3-1(4)2(5,6)7/h6-8H,1-3,5H2;1H. The first-order chi connectivity index (χ1) is 6.63. The number of hydrogen-bond acceptors (Lipinski definition) is 4. The third-order valence-corrected chi connectivity index (χ3v) is 1.19. The molecule has 9 heteroatoms. The van der Waals surface area contributed by atoms with E-state index in [0.717, 1.165) is 0 Å². The normalized spacial score (nSPS) is 12.4. The minimum absolute atomic E-state index is 0.403. The van der Waals surface area contributed by atoms with Gasteiger partial charge < -0.3 is 21.1 Å². The molecule has 0 unspecified atom stereocenters. The van der Waals surface area contributed by atoms with E-state index in [1.165, 1.54) is 0 Å². The number of halogens is 5. The Morgan fingerprint density at radius 1 is 0.933 bits per heavy atom. The van der Waals surface area contributed by atoms with Crippen molar-refractivity contribution in [3.05, 3.63) is 0 Å². The lowest BCUT2D eigenvalue weighted by molar-refractivity contribution is -0.219. The van der Waals surface area contributed by atoms with Crippen molar-refractivity contribution in [1.82, 2.24) is 0 Å². The lowest BCUT2D eigenvalue weighted by Gasteiger charge is -2.20. The van der Waals surface area contributed by atoms with Crippen LogP contribution >= 0.6 is 0 Å². The van der Waals surface area contributed by atoms with E-state index in [0.29, 0.717) is 0 Å². The molecule has 0 fully saturated rings. The second-order valence-corrected chi connectivity index (χ2v) is 2.68. The number of alkyl halides is 5. The van der Waals surface area contributed by atoms with Crippen LogP contribution in [-0.2, 0) is 0 Å². The molecule has 0 aliphatic carbocycles. The van der Waals surface area contributed by atoms with Crippen molar-refractivity contribution in [3.63, 3.8) is 0 Å². The van der Waals surface area contributed by atoms with Crippen LogP contribution in [0.25, 0.3) is 0 Å². The summed E-state index contributed by atoms with van der Waals surface area (Å²) in [5, 5.41) is 25.0. The molecular formula is C6H12F5NO3. The summed E-state index contributed by atoms with van der Waals surface area (Å²) < 4.78 is 52.1. The first kappa shape index (κ1) is 16.9. The highest BCUT2D eigenvalue weighted by atomic mass is 19.4. The highest BCUT2D eigenvalue weighted by Crippen LogP contribution is 2.22. The lowest BCUT2D eigenvalue weighted by atomic mass is 10.1. The molecule has 0 radical (unpaired) electrons. The molecule has 0 atom stereocenters. The van der Waals surface area contributed by atoms with Crippen LogP contribution in [0.4, 0.5) is 22.0 Å². The molecule has 0 amide bonds. The summed E-state index contributed by atoms with van der Waals surface area (Å²) in [6.07, 6.45) is -9.53. The Hall–Kier alpha value is -0.510. The van der Waals surface area contributed by atoms with Crippen molar-refractivity contribution in [2.75, 3.05) is 19.8 Å². The molecule has 0 bridgehead atoms. The van der Waals surface area contributed by atoms with Crippen LogP contribution in [-0.4, -0.2) is 53.3 Å². The smallest absolute Gasteiger partial charge is 0.394 e. The van der Waals surface area contributed by atoms with Gasteiger partial charge in [0.25, 0.3) is 0 Å². The molecule has 0 saturated heterocycles. The number of rotatable bonds is 3. The van der Waals surface area contributed by atoms with Crippen molar-refractivity contribution >= 4 is 0 Å². The lowest BCUT2D eigenvalue weighted by Crippen LogP contribution is -2.50. The van der Waals surface area contributed by atoms with E-state index >= 15 is 0 Å². The van der Waals surface area contributed by atoms with Gasteiger partial charge in [-0.15, -0.1) is 0 Å². The average molecular weight is 241 g/mol. The number of nitrogens with two attached hydrogens (primary N) is 1. The predicted molar refractivity (Wildman–Crippen MR) is 40.2 cm³/mol. The highest BCUT2D eigenvalue weighted by Gasteiger charge is 2.40. The van der Waals surface area contributed by atoms with Crippen molar-refractivity contribution in [2.24, 2.45) is 5.73 Å². The topological polar surface area (TPSA) is 86.7 Å². The average Bonchev–Trinajstić information content (AvgIpc) is 2.16. The fourth-order valence-corrected chi connectivity index (χ4v) is 0.150. The van der Waals surface area contributed by atoms with Crippen LogP contribution in [0.15, 0.2) is 0 Å². The van der Waals surface area contributed by atoms with Crippen molar-refractivity contribution in [1.29, 1.82) is 0 Å². The first-order valence-electron chi connectivity index (χ1n) is 3.59. The molecule has 15 heavy (non-hydrogen) atoms. The number of aliphatic hydroxyl groups excluding tert-OH is 3. The fourth-order valence-electron chi connectivity index (χ4n) is 0.150. The summed E-state index contributed by atoms with van der Waals surface area (Å²) in [5.41, 5.74) is 3.94. The summed E-state index contributed by atoms with van der Waals surface area (Å²) in [4.78, 5) is 0. The molecule has 0 aromatic rings. The summed E-state index contributed by atoms with van der Waals surface area (Å²) in [6.45, 7) is -1.21. The van der Waals surface area contributed by atoms with Gasteiger partial charge in [-0.05, 0) is 0 Å². The van der Waals surface area contributed by atoms with E-state index in [1.54, 1.807) is 0 Å². The molecule has 94 valence electrons. The van der Waals surface area contributed by atoms with Crippen LogP contribution in [0.2, 0.25) is 0 Å². The molecule has 4 nitrogen and oxygen atoms in total. The molecule has 0 saturated carbocycles. The van der Waals surface area contributed by atoms with Gasteiger partial charge >= 0.3 is 12.6 Å². The predicted octanol–water partition coefficient (Wildman–Crippen LogP) is -0.525. The van der Waals surface area contributed by atoms with Crippen LogP contribution in [0.1, 0.15) is 0 Å². The first-order valence-corrected chi connectivity index (χ1v) is 3.59. The van der Waals surface area contributed by atoms with Gasteiger partial charge in [0.05, 0.1) is 25.4 Å². The van der Waals surface area contributed by atoms with Crippen molar-refractivity contribution < 1.29 is 37.3 Å². The van der Waals surface area contributed by atoms with Crippen LogP contribution < -0.4 is 5.73 Å². The minimum atomic E-state index is -5.33. The maximum atomic E-state index is 10.4. The Balaban J connectivity index is 0. The molecule has 0 rings (SSSR count). The summed E-state index contributed by atoms with van der Waals surface area (Å²) in [7, 11) is 0. The van der Waals surface area contributed by atoms with Gasteiger partial charge in [0, 0.05) is 0 Å². The van der Waals surface area contributed by atoms with E-state index in [9.17, 15) is 22.0 Å². The van der Waals surface area contributed by atoms with Gasteiger partial charge in [0.15, 0.2) is 0 Å². The van der Waals surface area contributed by atoms with Crippen LogP contribution in [0.5, 0.6) is 0 Å². The van der Waals surface area contributed by atoms with Gasteiger partial charge in [-0.3, -0.25) is 0 Å². The Bertz CT molecular complexity index is 151. The molecule has 0 aliphatic heterocycles. The van der Waals surface area contributed by atoms with E-state index < -0.39 is 38.0 Å². The largest absolute Gasteiger partial charge is 0.450 e. The maximum Gasteiger partial charge on any atom is 0.450 e. The Kier molecular flexibility index (Phi) is 7.75. The molecule has 0 aliphatic rings. The van der Waals surface area contributed by atoms with Crippen molar-refractivity contribution in [3.8, 4) is 0 Å². The molecular weight excluding hydrogens is 229 g/mol. The third-order valence-electron chi connectivity index (χ3n) is 1.19. The molecule has 0 aromatic heterocycles. The van der Waals surface area contributed by atoms with E-state index in [4.69, 9.17) is 21.1 Å². The quantitative estimate of drug-likeness (QED) is 0.500. The van der Waals surface area contributed by atoms with Gasteiger partial charge in [-0.1, -0.05) is 0 Å². The summed E-state index contributed by atoms with van der Waals surface area (Å²) in [5.74, 6) is 0. The van der Waals surface area contributed by atoms with E-state index in [1.807, 2.05) is 0 Å². The SMILES string of the molecule is FC(F)C(F)(F)F.NC(CO)(CO)CO. The van der Waals surface area contributed by atoms with E-state index in [2.05, 4.69) is 0 Å². The number of aliphatic hydroxyl groups is 3. The maximum absolute atomic E-state index is 10.4. The molecule has 0 aromatic carbocycles. The Labute approximate surface area is 82.1 Å². The molecule has 5 N–H and O–H groups in total. The zero-order valence-electron chi connectivity index (χ0n) is 7.51. The van der Waals surface area contributed by atoms with Gasteiger partial charge in [-0.2, -0.15) is 13.2 Å². The zero-order chi connectivity index (χ0) is 12.7. The monoisotopic (exact) mass is 241 g/mol. The van der Waals surface area contributed by atoms with Crippen LogP contribution in [0, 0.1) is 0 Å². The van der Waals surface area contributed by atoms with Gasteiger partial charge in [0.2, 0.25) is 0 Å². The minimum Gasteiger partial charge on any atom is -0.394 e. The summed E-state index contributed by atoms with van der Waals surface area (Å²) in [6, 6.07) is 0. The molecule has 0 heterocycles. The number of hydrogen-bond donors (Lipinski definition) is 4. The second kappa shape index (κ2) is 6.88. The second-order valence-electron chi connectivity index (χ2n) is 2.68. The third kappa shape index (κ3) is 8.48. The summed E-state index contributed by atoms with van der Waals surface area (Å²) >= 11 is 0. The van der Waals surface area contributed by atoms with Crippen LogP contribution in [0.3, 0.4) is 0 Å². The highest BCUT2D eigenvalue weighted by molar-refractivity contribution is 4.80. The molecule has 0 spiro atoms. The zero-order valence-corrected chi connectivity index (χ0v) is 7.51. The van der Waals surface area contributed by atoms with Crippen molar-refractivity contribution in [2.45, 2.75) is 18.1 Å².